The van der Waals surface area contributed by atoms with Gasteiger partial charge in [0.1, 0.15) is 5.75 Å². The first-order chi connectivity index (χ1) is 11.9. The van der Waals surface area contributed by atoms with Crippen molar-refractivity contribution in [3.63, 3.8) is 0 Å². The second-order valence-corrected chi connectivity index (χ2v) is 6.05. The van der Waals surface area contributed by atoms with Gasteiger partial charge < -0.3 is 9.57 Å². The second-order valence-electron chi connectivity index (χ2n) is 5.23. The Balaban J connectivity index is 1.65. The summed E-state index contributed by atoms with van der Waals surface area (Å²) >= 11 is 11.9. The topological polar surface area (TPSA) is 72.9 Å². The van der Waals surface area contributed by atoms with E-state index in [1.165, 1.54) is 18.2 Å². The Morgan fingerprint density at radius 1 is 1.04 bits per heavy atom. The standard InChI is InChI=1S/C17H11Cl2NO5/c1-9-6-14(13(19)7-12(9)18)24-8-15(21)25-20-16(22)10-4-2-3-5-11(10)17(20)23/h2-7H,8H2,1H3. The van der Waals surface area contributed by atoms with Gasteiger partial charge in [-0.25, -0.2) is 4.79 Å². The molecule has 2 aromatic carbocycles. The lowest BCUT2D eigenvalue weighted by molar-refractivity contribution is -0.170. The van der Waals surface area contributed by atoms with Gasteiger partial charge in [0.05, 0.1) is 16.1 Å². The molecule has 0 N–H and O–H groups in total. The zero-order chi connectivity index (χ0) is 18.1. The molecule has 1 heterocycles. The Hall–Kier alpha value is -2.57. The predicted molar refractivity (Wildman–Crippen MR) is 89.7 cm³/mol. The van der Waals surface area contributed by atoms with E-state index in [0.29, 0.717) is 10.1 Å². The number of ether oxygens (including phenoxy) is 1. The van der Waals surface area contributed by atoms with Crippen LogP contribution in [0.5, 0.6) is 5.75 Å². The third kappa shape index (κ3) is 3.31. The number of carbonyl (C=O) groups excluding carboxylic acids is 3. The van der Waals surface area contributed by atoms with Gasteiger partial charge in [0, 0.05) is 5.02 Å². The van der Waals surface area contributed by atoms with Crippen molar-refractivity contribution in [3.05, 3.63) is 63.1 Å². The van der Waals surface area contributed by atoms with Crippen LogP contribution in [0, 0.1) is 6.92 Å². The number of imide groups is 1. The molecular weight excluding hydrogens is 369 g/mol. The van der Waals surface area contributed by atoms with Crippen LogP contribution in [0.4, 0.5) is 0 Å². The molecule has 0 fully saturated rings. The summed E-state index contributed by atoms with van der Waals surface area (Å²) in [5.41, 5.74) is 1.07. The van der Waals surface area contributed by atoms with Gasteiger partial charge in [-0.3, -0.25) is 9.59 Å². The molecule has 2 aromatic rings. The maximum absolute atomic E-state index is 12.1. The van der Waals surface area contributed by atoms with Crippen LogP contribution in [0.3, 0.4) is 0 Å². The number of fused-ring (bicyclic) bond motifs is 1. The lowest BCUT2D eigenvalue weighted by atomic mass is 10.1. The zero-order valence-electron chi connectivity index (χ0n) is 12.9. The van der Waals surface area contributed by atoms with E-state index in [1.54, 1.807) is 25.1 Å². The minimum atomic E-state index is -0.918. The maximum atomic E-state index is 12.1. The Kier molecular flexibility index (Phi) is 4.65. The Morgan fingerprint density at radius 3 is 2.24 bits per heavy atom. The highest BCUT2D eigenvalue weighted by atomic mass is 35.5. The third-order valence-electron chi connectivity index (χ3n) is 3.51. The first-order valence-electron chi connectivity index (χ1n) is 7.15. The lowest BCUT2D eigenvalue weighted by Gasteiger charge is -2.14. The van der Waals surface area contributed by atoms with Crippen LogP contribution in [0.25, 0.3) is 0 Å². The molecule has 0 atom stereocenters. The van der Waals surface area contributed by atoms with Crippen LogP contribution in [0.15, 0.2) is 36.4 Å². The molecule has 0 saturated carbocycles. The predicted octanol–water partition coefficient (Wildman–Crippen LogP) is 3.44. The van der Waals surface area contributed by atoms with Crippen molar-refractivity contribution in [1.82, 2.24) is 5.06 Å². The normalized spacial score (nSPS) is 13.0. The molecule has 1 aliphatic rings. The highest BCUT2D eigenvalue weighted by molar-refractivity contribution is 6.36. The minimum absolute atomic E-state index is 0.178. The summed E-state index contributed by atoms with van der Waals surface area (Å²) in [6, 6.07) is 9.25. The summed E-state index contributed by atoms with van der Waals surface area (Å²) in [5, 5.41) is 1.11. The fourth-order valence-electron chi connectivity index (χ4n) is 2.26. The van der Waals surface area contributed by atoms with Crippen molar-refractivity contribution in [2.75, 3.05) is 6.61 Å². The molecule has 0 aliphatic carbocycles. The van der Waals surface area contributed by atoms with Crippen molar-refractivity contribution in [2.24, 2.45) is 0 Å². The van der Waals surface area contributed by atoms with Crippen LogP contribution in [-0.2, 0) is 9.63 Å². The number of carbonyl (C=O) groups is 3. The van der Waals surface area contributed by atoms with E-state index in [4.69, 9.17) is 32.8 Å². The molecule has 0 radical (unpaired) electrons. The van der Waals surface area contributed by atoms with Gasteiger partial charge in [0.15, 0.2) is 6.61 Å². The van der Waals surface area contributed by atoms with Gasteiger partial charge in [0.25, 0.3) is 11.8 Å². The fraction of sp³-hybridized carbons (Fsp3) is 0.118. The van der Waals surface area contributed by atoms with E-state index in [0.717, 1.165) is 5.56 Å². The van der Waals surface area contributed by atoms with Gasteiger partial charge in [-0.1, -0.05) is 40.4 Å². The van der Waals surface area contributed by atoms with E-state index >= 15 is 0 Å². The second kappa shape index (κ2) is 6.74. The SMILES string of the molecule is Cc1cc(OCC(=O)ON2C(=O)c3ccccc3C2=O)c(Cl)cc1Cl. The summed E-state index contributed by atoms with van der Waals surface area (Å²) in [7, 11) is 0. The highest BCUT2D eigenvalue weighted by Crippen LogP contribution is 2.30. The number of hydrogen-bond acceptors (Lipinski definition) is 5. The van der Waals surface area contributed by atoms with Gasteiger partial charge in [-0.2, -0.15) is 0 Å². The van der Waals surface area contributed by atoms with Crippen LogP contribution >= 0.6 is 23.2 Å². The van der Waals surface area contributed by atoms with E-state index in [2.05, 4.69) is 0 Å². The minimum Gasteiger partial charge on any atom is -0.480 e. The first-order valence-corrected chi connectivity index (χ1v) is 7.91. The summed E-state index contributed by atoms with van der Waals surface area (Å²) in [5.74, 6) is -2.08. The Labute approximate surface area is 152 Å². The van der Waals surface area contributed by atoms with Crippen LogP contribution in [-0.4, -0.2) is 29.5 Å². The zero-order valence-corrected chi connectivity index (χ0v) is 14.4. The molecule has 8 heteroatoms. The Bertz CT molecular complexity index is 862. The number of amides is 2. The van der Waals surface area contributed by atoms with Crippen molar-refractivity contribution in [3.8, 4) is 5.75 Å². The fourth-order valence-corrected chi connectivity index (χ4v) is 2.69. The van der Waals surface area contributed by atoms with E-state index in [9.17, 15) is 14.4 Å². The molecule has 0 spiro atoms. The average Bonchev–Trinajstić information content (AvgIpc) is 2.82. The molecule has 0 saturated heterocycles. The molecule has 128 valence electrons. The van der Waals surface area contributed by atoms with Gasteiger partial charge in [0.2, 0.25) is 0 Å². The van der Waals surface area contributed by atoms with Crippen LogP contribution < -0.4 is 4.74 Å². The van der Waals surface area contributed by atoms with E-state index in [1.807, 2.05) is 0 Å². The highest BCUT2D eigenvalue weighted by Gasteiger charge is 2.38. The summed E-state index contributed by atoms with van der Waals surface area (Å²) in [6.07, 6.45) is 0. The first kappa shape index (κ1) is 17.3. The monoisotopic (exact) mass is 379 g/mol. The summed E-state index contributed by atoms with van der Waals surface area (Å²) < 4.78 is 5.28. The number of rotatable bonds is 4. The molecule has 0 unspecified atom stereocenters. The van der Waals surface area contributed by atoms with Crippen molar-refractivity contribution < 1.29 is 24.0 Å². The molecule has 6 nitrogen and oxygen atoms in total. The van der Waals surface area contributed by atoms with Crippen molar-refractivity contribution >= 4 is 41.0 Å². The number of halogens is 2. The number of aryl methyl sites for hydroxylation is 1. The Morgan fingerprint density at radius 2 is 1.64 bits per heavy atom. The number of nitrogens with zero attached hydrogens (tertiary/aromatic N) is 1. The molecule has 3 rings (SSSR count). The molecule has 25 heavy (non-hydrogen) atoms. The molecule has 1 aliphatic heterocycles. The van der Waals surface area contributed by atoms with Crippen LogP contribution in [0.1, 0.15) is 26.3 Å². The van der Waals surface area contributed by atoms with Gasteiger partial charge in [-0.15, -0.1) is 0 Å². The van der Waals surface area contributed by atoms with E-state index < -0.39 is 24.4 Å². The summed E-state index contributed by atoms with van der Waals surface area (Å²) in [6.45, 7) is 1.22. The number of hydroxylamine groups is 2. The summed E-state index contributed by atoms with van der Waals surface area (Å²) in [4.78, 5) is 41.0. The average molecular weight is 380 g/mol. The van der Waals surface area contributed by atoms with Crippen molar-refractivity contribution in [1.29, 1.82) is 0 Å². The molecule has 0 bridgehead atoms. The smallest absolute Gasteiger partial charge is 0.370 e. The van der Waals surface area contributed by atoms with Gasteiger partial charge >= 0.3 is 5.97 Å². The quantitative estimate of drug-likeness (QED) is 0.760. The lowest BCUT2D eigenvalue weighted by Crippen LogP contribution is -2.34. The van der Waals surface area contributed by atoms with Crippen molar-refractivity contribution in [2.45, 2.75) is 6.92 Å². The molecular formula is C17H11Cl2NO5. The van der Waals surface area contributed by atoms with E-state index in [-0.39, 0.29) is 21.9 Å². The number of hydrogen-bond donors (Lipinski definition) is 0. The van der Waals surface area contributed by atoms with Crippen LogP contribution in [0.2, 0.25) is 10.0 Å². The third-order valence-corrected chi connectivity index (χ3v) is 4.21. The largest absolute Gasteiger partial charge is 0.480 e. The van der Waals surface area contributed by atoms with Gasteiger partial charge in [-0.05, 0) is 36.8 Å². The maximum Gasteiger partial charge on any atom is 0.370 e. The molecule has 0 aromatic heterocycles. The molecule has 2 amide bonds. The number of benzene rings is 2.